The molecule has 3 N–H and O–H groups in total. The van der Waals surface area contributed by atoms with Gasteiger partial charge in [-0.1, -0.05) is 25.1 Å². The molecule has 188 valence electrons. The van der Waals surface area contributed by atoms with E-state index in [4.69, 9.17) is 25.3 Å². The molecule has 5 rings (SSSR count). The van der Waals surface area contributed by atoms with Crippen molar-refractivity contribution >= 4 is 17.2 Å². The van der Waals surface area contributed by atoms with Gasteiger partial charge in [-0.2, -0.15) is 0 Å². The van der Waals surface area contributed by atoms with E-state index in [1.807, 2.05) is 29.6 Å². The quantitative estimate of drug-likeness (QED) is 0.492. The van der Waals surface area contributed by atoms with Gasteiger partial charge in [0, 0.05) is 43.4 Å². The lowest BCUT2D eigenvalue weighted by Crippen LogP contribution is -2.23. The zero-order valence-corrected chi connectivity index (χ0v) is 21.1. The van der Waals surface area contributed by atoms with Gasteiger partial charge in [-0.25, -0.2) is 9.50 Å². The Bertz CT molecular complexity index is 1350. The molecule has 8 heteroatoms. The lowest BCUT2D eigenvalue weighted by atomic mass is 9.97. The minimum atomic E-state index is -0.440. The molecule has 1 amide bonds. The number of aromatic nitrogens is 3. The Hall–Kier alpha value is -3.65. The summed E-state index contributed by atoms with van der Waals surface area (Å²) in [4.78, 5) is 16.4. The van der Waals surface area contributed by atoms with Crippen LogP contribution in [0.1, 0.15) is 49.0 Å². The second-order valence-corrected chi connectivity index (χ2v) is 9.85. The van der Waals surface area contributed by atoms with Crippen LogP contribution in [0.2, 0.25) is 0 Å². The lowest BCUT2D eigenvalue weighted by Gasteiger charge is -2.23. The highest BCUT2D eigenvalue weighted by atomic mass is 16.5. The molecule has 8 nitrogen and oxygen atoms in total. The first-order chi connectivity index (χ1) is 17.4. The van der Waals surface area contributed by atoms with E-state index >= 15 is 0 Å². The molecule has 1 atom stereocenters. The van der Waals surface area contributed by atoms with Crippen molar-refractivity contribution in [2.75, 3.05) is 25.1 Å². The molecule has 0 radical (unpaired) electrons. The lowest BCUT2D eigenvalue weighted by molar-refractivity contribution is 0.0699. The van der Waals surface area contributed by atoms with Crippen LogP contribution >= 0.6 is 0 Å². The van der Waals surface area contributed by atoms with Gasteiger partial charge in [-0.05, 0) is 61.8 Å². The fourth-order valence-electron chi connectivity index (χ4n) is 4.80. The monoisotopic (exact) mass is 487 g/mol. The largest absolute Gasteiger partial charge is 0.442 e. The van der Waals surface area contributed by atoms with Crippen LogP contribution in [-0.2, 0) is 4.74 Å². The average Bonchev–Trinajstić information content (AvgIpc) is 3.29. The molecule has 1 aliphatic heterocycles. The first-order valence-corrected chi connectivity index (χ1v) is 12.6. The number of carbonyl (C=O) groups excluding carboxylic acids is 1. The number of imidazole rings is 1. The molecule has 1 aliphatic carbocycles. The molecule has 0 bridgehead atoms. The van der Waals surface area contributed by atoms with E-state index in [2.05, 4.69) is 31.3 Å². The third kappa shape index (κ3) is 4.99. The molecule has 1 unspecified atom stereocenters. The summed E-state index contributed by atoms with van der Waals surface area (Å²) in [6.45, 7) is 8.56. The molecule has 3 heterocycles. The third-order valence-electron chi connectivity index (χ3n) is 7.00. The molecule has 0 saturated carbocycles. The van der Waals surface area contributed by atoms with Crippen LogP contribution in [0.3, 0.4) is 0 Å². The van der Waals surface area contributed by atoms with E-state index in [0.717, 1.165) is 78.5 Å². The van der Waals surface area contributed by atoms with Crippen molar-refractivity contribution < 1.29 is 14.3 Å². The van der Waals surface area contributed by atoms with E-state index in [1.54, 1.807) is 12.3 Å². The van der Waals surface area contributed by atoms with Gasteiger partial charge >= 0.3 is 0 Å². The average molecular weight is 488 g/mol. The van der Waals surface area contributed by atoms with E-state index in [0.29, 0.717) is 23.3 Å². The van der Waals surface area contributed by atoms with Crippen molar-refractivity contribution in [3.63, 3.8) is 0 Å². The minimum absolute atomic E-state index is 0.411. The smallest absolute Gasteiger partial charge is 0.248 e. The second-order valence-electron chi connectivity index (χ2n) is 9.85. The van der Waals surface area contributed by atoms with Crippen LogP contribution < -0.4 is 15.8 Å². The molecule has 0 spiro atoms. The van der Waals surface area contributed by atoms with E-state index in [-0.39, 0.29) is 0 Å². The summed E-state index contributed by atoms with van der Waals surface area (Å²) in [6, 6.07) is 7.51. The Labute approximate surface area is 211 Å². The maximum absolute atomic E-state index is 11.7. The normalized spacial score (nSPS) is 18.6. The number of ether oxygens (including phenoxy) is 2. The Kier molecular flexibility index (Phi) is 6.78. The number of hydrogen-bond donors (Lipinski definition) is 2. The molecule has 1 fully saturated rings. The molecule has 2 aromatic heterocycles. The first-order valence-electron chi connectivity index (χ1n) is 12.6. The summed E-state index contributed by atoms with van der Waals surface area (Å²) in [7, 11) is 0. The van der Waals surface area contributed by atoms with Crippen molar-refractivity contribution in [2.45, 2.75) is 40.0 Å². The van der Waals surface area contributed by atoms with Crippen LogP contribution in [0.5, 0.6) is 5.88 Å². The number of nitrogens with one attached hydrogen (secondary N) is 1. The number of primary amides is 1. The van der Waals surface area contributed by atoms with Crippen LogP contribution in [0.25, 0.3) is 16.9 Å². The highest BCUT2D eigenvalue weighted by Crippen LogP contribution is 2.31. The number of nitrogens with two attached hydrogens (primary N) is 1. The fourth-order valence-corrected chi connectivity index (χ4v) is 4.80. The number of fused-ring (bicyclic) bond motifs is 1. The van der Waals surface area contributed by atoms with Crippen molar-refractivity contribution in [1.82, 2.24) is 14.6 Å². The van der Waals surface area contributed by atoms with E-state index in [9.17, 15) is 4.79 Å². The number of benzene rings is 1. The zero-order chi connectivity index (χ0) is 25.2. The van der Waals surface area contributed by atoms with Gasteiger partial charge in [0.25, 0.3) is 0 Å². The summed E-state index contributed by atoms with van der Waals surface area (Å²) in [5, 5.41) is 8.43. The van der Waals surface area contributed by atoms with Gasteiger partial charge in [0.1, 0.15) is 5.76 Å². The predicted octanol–water partition coefficient (Wildman–Crippen LogP) is 4.89. The highest BCUT2D eigenvalue weighted by Gasteiger charge is 2.20. The van der Waals surface area contributed by atoms with E-state index in [1.165, 1.54) is 0 Å². The number of aryl methyl sites for hydroxylation is 1. The van der Waals surface area contributed by atoms with Crippen molar-refractivity contribution in [1.29, 1.82) is 0 Å². The van der Waals surface area contributed by atoms with Gasteiger partial charge in [0.05, 0.1) is 17.6 Å². The molecule has 1 aromatic carbocycles. The summed E-state index contributed by atoms with van der Waals surface area (Å²) in [5.41, 5.74) is 11.2. The number of anilines is 1. The second kappa shape index (κ2) is 10.1. The van der Waals surface area contributed by atoms with Gasteiger partial charge in [0.2, 0.25) is 11.8 Å². The maximum atomic E-state index is 11.7. The van der Waals surface area contributed by atoms with E-state index < -0.39 is 5.91 Å². The first kappa shape index (κ1) is 24.1. The topological polar surface area (TPSA) is 104 Å². The summed E-state index contributed by atoms with van der Waals surface area (Å²) < 4.78 is 13.7. The summed E-state index contributed by atoms with van der Waals surface area (Å²) in [5.74, 6) is 1.96. The Morgan fingerprint density at radius 1 is 1.25 bits per heavy atom. The molecule has 3 aromatic rings. The Morgan fingerprint density at radius 2 is 2.06 bits per heavy atom. The van der Waals surface area contributed by atoms with Crippen molar-refractivity contribution in [3.05, 3.63) is 65.1 Å². The number of nitrogens with zero attached hydrogens (tertiary/aromatic N) is 3. The molecule has 2 aliphatic rings. The molecule has 36 heavy (non-hydrogen) atoms. The SMILES string of the molecule is CC1=C(Oc2cc(NCC3CCOCC3)c3ncc(-c4ccc(C(N)=O)c(C)c4)n3n2)CC(C)C=C1. The summed E-state index contributed by atoms with van der Waals surface area (Å²) >= 11 is 0. The highest BCUT2D eigenvalue weighted by molar-refractivity contribution is 5.94. The number of carbonyl (C=O) groups is 1. The fraction of sp³-hybridized carbons (Fsp3) is 0.393. The summed E-state index contributed by atoms with van der Waals surface area (Å²) in [6.07, 6.45) is 9.03. The van der Waals surface area contributed by atoms with Crippen molar-refractivity contribution in [2.24, 2.45) is 17.6 Å². The standard InChI is InChI=1S/C28H33N5O3/c1-17-4-5-18(2)25(12-17)36-26-14-23(30-15-20-8-10-35-11-9-20)28-31-16-24(33(28)32-26)21-6-7-22(27(29)34)19(3)13-21/h4-7,13-14,16-17,20,30H,8-12,15H2,1-3H3,(H2,29,34). The number of rotatable bonds is 7. The van der Waals surface area contributed by atoms with Crippen LogP contribution in [-0.4, -0.2) is 40.3 Å². The van der Waals surface area contributed by atoms with Gasteiger partial charge < -0.3 is 20.5 Å². The van der Waals surface area contributed by atoms with Gasteiger partial charge in [0.15, 0.2) is 5.65 Å². The molecular formula is C28H33N5O3. The number of hydrogen-bond acceptors (Lipinski definition) is 6. The zero-order valence-electron chi connectivity index (χ0n) is 21.1. The van der Waals surface area contributed by atoms with Crippen molar-refractivity contribution in [3.8, 4) is 17.1 Å². The number of amides is 1. The predicted molar refractivity (Wildman–Crippen MR) is 140 cm³/mol. The molecular weight excluding hydrogens is 454 g/mol. The van der Waals surface area contributed by atoms with Crippen LogP contribution in [0.15, 0.2) is 53.9 Å². The number of allylic oxidation sites excluding steroid dienone is 4. The van der Waals surface area contributed by atoms with Crippen LogP contribution in [0.4, 0.5) is 5.69 Å². The van der Waals surface area contributed by atoms with Gasteiger partial charge in [-0.3, -0.25) is 4.79 Å². The third-order valence-corrected chi connectivity index (χ3v) is 7.00. The van der Waals surface area contributed by atoms with Gasteiger partial charge in [-0.15, -0.1) is 5.10 Å². The van der Waals surface area contributed by atoms with Crippen LogP contribution in [0, 0.1) is 18.8 Å². The Balaban J connectivity index is 1.54. The maximum Gasteiger partial charge on any atom is 0.248 e. The minimum Gasteiger partial charge on any atom is -0.442 e. The Morgan fingerprint density at radius 3 is 2.81 bits per heavy atom. The molecule has 1 saturated heterocycles.